The molecule has 4 rings (SSSR count). The van der Waals surface area contributed by atoms with Gasteiger partial charge < -0.3 is 10.2 Å². The number of aromatic nitrogens is 1. The van der Waals surface area contributed by atoms with Crippen LogP contribution in [-0.2, 0) is 11.2 Å². The molecule has 4 heteroatoms. The highest BCUT2D eigenvalue weighted by atomic mass is 16.2. The lowest BCUT2D eigenvalue weighted by Gasteiger charge is -2.42. The van der Waals surface area contributed by atoms with E-state index in [1.807, 2.05) is 12.3 Å². The molecule has 2 unspecified atom stereocenters. The molecule has 0 radical (unpaired) electrons. The highest BCUT2D eigenvalue weighted by Crippen LogP contribution is 2.37. The van der Waals surface area contributed by atoms with Gasteiger partial charge in [-0.2, -0.15) is 0 Å². The molecule has 166 valence electrons. The Morgan fingerprint density at radius 3 is 2.62 bits per heavy atom. The Labute approximate surface area is 191 Å². The van der Waals surface area contributed by atoms with Crippen molar-refractivity contribution in [3.63, 3.8) is 0 Å². The molecule has 1 saturated heterocycles. The van der Waals surface area contributed by atoms with E-state index in [1.165, 1.54) is 16.7 Å². The average molecular weight is 428 g/mol. The monoisotopic (exact) mass is 427 g/mol. The maximum atomic E-state index is 13.3. The van der Waals surface area contributed by atoms with Crippen LogP contribution in [0.2, 0.25) is 0 Å². The van der Waals surface area contributed by atoms with Gasteiger partial charge in [0.05, 0.1) is 5.41 Å². The molecular weight excluding hydrogens is 394 g/mol. The first kappa shape index (κ1) is 22.2. The van der Waals surface area contributed by atoms with Gasteiger partial charge in [0.1, 0.15) is 0 Å². The molecule has 1 fully saturated rings. The molecule has 0 bridgehead atoms. The standard InChI is InChI=1S/C28H33N3O/c1-22(23-10-4-3-5-11-23)20-31-17-9-15-28(21-31,27(32)29-2)18-24-12-6-7-14-26(24)25-13-8-16-30-19-25/h3-8,10-14,16,19,22H,9,15,17-18,20-21H2,1-2H3,(H,29,32). The first-order chi connectivity index (χ1) is 15.6. The van der Waals surface area contributed by atoms with Crippen molar-refractivity contribution in [2.24, 2.45) is 5.41 Å². The number of carbonyl (C=O) groups excluding carboxylic acids is 1. The largest absolute Gasteiger partial charge is 0.359 e. The fourth-order valence-electron chi connectivity index (χ4n) is 5.18. The van der Waals surface area contributed by atoms with Gasteiger partial charge in [-0.25, -0.2) is 0 Å². The molecule has 3 aromatic rings. The number of hydrogen-bond acceptors (Lipinski definition) is 3. The van der Waals surface area contributed by atoms with Crippen molar-refractivity contribution in [1.29, 1.82) is 0 Å². The Balaban J connectivity index is 1.59. The third-order valence-corrected chi connectivity index (χ3v) is 6.78. The lowest BCUT2D eigenvalue weighted by molar-refractivity contribution is -0.134. The summed E-state index contributed by atoms with van der Waals surface area (Å²) in [5, 5.41) is 2.98. The van der Waals surface area contributed by atoms with Gasteiger partial charge in [0.2, 0.25) is 5.91 Å². The molecule has 32 heavy (non-hydrogen) atoms. The lowest BCUT2D eigenvalue weighted by Crippen LogP contribution is -2.53. The van der Waals surface area contributed by atoms with E-state index in [0.29, 0.717) is 5.92 Å². The number of piperidine rings is 1. The second-order valence-corrected chi connectivity index (χ2v) is 9.09. The lowest BCUT2D eigenvalue weighted by atomic mass is 9.73. The summed E-state index contributed by atoms with van der Waals surface area (Å²) in [6.45, 7) is 5.07. The molecule has 0 saturated carbocycles. The van der Waals surface area contributed by atoms with Crippen molar-refractivity contribution in [3.05, 3.63) is 90.3 Å². The number of amides is 1. The smallest absolute Gasteiger partial charge is 0.227 e. The van der Waals surface area contributed by atoms with Crippen LogP contribution >= 0.6 is 0 Å². The second kappa shape index (κ2) is 10.1. The molecule has 0 aliphatic carbocycles. The Morgan fingerprint density at radius 2 is 1.88 bits per heavy atom. The van der Waals surface area contributed by atoms with Crippen LogP contribution in [0.4, 0.5) is 0 Å². The number of nitrogens with zero attached hydrogens (tertiary/aromatic N) is 2. The van der Waals surface area contributed by atoms with Crippen LogP contribution in [0.15, 0.2) is 79.1 Å². The van der Waals surface area contributed by atoms with E-state index in [9.17, 15) is 4.79 Å². The van der Waals surface area contributed by atoms with Crippen LogP contribution in [0.25, 0.3) is 11.1 Å². The molecular formula is C28H33N3O. The van der Waals surface area contributed by atoms with Crippen LogP contribution in [0, 0.1) is 5.41 Å². The first-order valence-corrected chi connectivity index (χ1v) is 11.6. The molecule has 2 heterocycles. The van der Waals surface area contributed by atoms with E-state index in [-0.39, 0.29) is 5.91 Å². The quantitative estimate of drug-likeness (QED) is 0.582. The summed E-state index contributed by atoms with van der Waals surface area (Å²) < 4.78 is 0. The van der Waals surface area contributed by atoms with E-state index in [2.05, 4.69) is 82.8 Å². The maximum absolute atomic E-state index is 13.3. The summed E-state index contributed by atoms with van der Waals surface area (Å²) in [5.74, 6) is 0.579. The van der Waals surface area contributed by atoms with E-state index < -0.39 is 5.41 Å². The zero-order valence-corrected chi connectivity index (χ0v) is 19.1. The fraction of sp³-hybridized carbons (Fsp3) is 0.357. The van der Waals surface area contributed by atoms with E-state index in [0.717, 1.165) is 44.5 Å². The topological polar surface area (TPSA) is 45.2 Å². The molecule has 0 spiro atoms. The van der Waals surface area contributed by atoms with E-state index >= 15 is 0 Å². The molecule has 1 aliphatic rings. The summed E-state index contributed by atoms with van der Waals surface area (Å²) in [6, 6.07) is 23.2. The van der Waals surface area contributed by atoms with Crippen molar-refractivity contribution < 1.29 is 4.79 Å². The molecule has 1 aliphatic heterocycles. The van der Waals surface area contributed by atoms with Crippen LogP contribution < -0.4 is 5.32 Å². The zero-order valence-electron chi connectivity index (χ0n) is 19.1. The Kier molecular flexibility index (Phi) is 7.01. The van der Waals surface area contributed by atoms with Gasteiger partial charge in [0.25, 0.3) is 0 Å². The first-order valence-electron chi connectivity index (χ1n) is 11.6. The minimum atomic E-state index is -0.429. The molecule has 1 amide bonds. The number of rotatable bonds is 7. The predicted octanol–water partition coefficient (Wildman–Crippen LogP) is 4.92. The Morgan fingerprint density at radius 1 is 1.09 bits per heavy atom. The average Bonchev–Trinajstić information content (AvgIpc) is 2.85. The van der Waals surface area contributed by atoms with Crippen LogP contribution in [0.3, 0.4) is 0 Å². The van der Waals surface area contributed by atoms with Gasteiger partial charge in [-0.3, -0.25) is 9.78 Å². The van der Waals surface area contributed by atoms with E-state index in [1.54, 1.807) is 13.2 Å². The number of nitrogens with one attached hydrogen (secondary N) is 1. The van der Waals surface area contributed by atoms with Crippen molar-refractivity contribution in [1.82, 2.24) is 15.2 Å². The second-order valence-electron chi connectivity index (χ2n) is 9.09. The molecule has 1 N–H and O–H groups in total. The predicted molar refractivity (Wildman–Crippen MR) is 130 cm³/mol. The molecule has 2 aromatic carbocycles. The highest BCUT2D eigenvalue weighted by Gasteiger charge is 2.42. The van der Waals surface area contributed by atoms with E-state index in [4.69, 9.17) is 0 Å². The van der Waals surface area contributed by atoms with Crippen LogP contribution in [-0.4, -0.2) is 42.5 Å². The van der Waals surface area contributed by atoms with Crippen molar-refractivity contribution in [2.75, 3.05) is 26.7 Å². The summed E-state index contributed by atoms with van der Waals surface area (Å²) in [4.78, 5) is 20.1. The number of carbonyl (C=O) groups is 1. The number of likely N-dealkylation sites (tertiary alicyclic amines) is 1. The van der Waals surface area contributed by atoms with Crippen molar-refractivity contribution in [2.45, 2.75) is 32.1 Å². The maximum Gasteiger partial charge on any atom is 0.227 e. The third kappa shape index (κ3) is 4.91. The number of hydrogen-bond donors (Lipinski definition) is 1. The summed E-state index contributed by atoms with van der Waals surface area (Å²) in [6.07, 6.45) is 6.37. The summed E-state index contributed by atoms with van der Waals surface area (Å²) in [7, 11) is 1.77. The number of benzene rings is 2. The Bertz CT molecular complexity index is 1020. The van der Waals surface area contributed by atoms with Crippen LogP contribution in [0.5, 0.6) is 0 Å². The van der Waals surface area contributed by atoms with Gasteiger partial charge in [-0.15, -0.1) is 0 Å². The Hall–Kier alpha value is -2.98. The third-order valence-electron chi connectivity index (χ3n) is 6.78. The van der Waals surface area contributed by atoms with Crippen molar-refractivity contribution >= 4 is 5.91 Å². The molecule has 4 nitrogen and oxygen atoms in total. The van der Waals surface area contributed by atoms with Gasteiger partial charge >= 0.3 is 0 Å². The van der Waals surface area contributed by atoms with Gasteiger partial charge in [-0.05, 0) is 54.5 Å². The molecule has 1 aromatic heterocycles. The minimum Gasteiger partial charge on any atom is -0.359 e. The minimum absolute atomic E-state index is 0.149. The van der Waals surface area contributed by atoms with Crippen LogP contribution in [0.1, 0.15) is 36.8 Å². The zero-order chi connectivity index (χ0) is 22.4. The fourth-order valence-corrected chi connectivity index (χ4v) is 5.18. The van der Waals surface area contributed by atoms with Gasteiger partial charge in [-0.1, -0.05) is 67.6 Å². The SMILES string of the molecule is CNC(=O)C1(Cc2ccccc2-c2cccnc2)CCCN(CC(C)c2ccccc2)C1. The normalized spacial score (nSPS) is 19.9. The van der Waals surface area contributed by atoms with Gasteiger partial charge in [0, 0.05) is 38.1 Å². The van der Waals surface area contributed by atoms with Gasteiger partial charge in [0.15, 0.2) is 0 Å². The number of pyridine rings is 1. The highest BCUT2D eigenvalue weighted by molar-refractivity contribution is 5.83. The molecule has 2 atom stereocenters. The van der Waals surface area contributed by atoms with Crippen molar-refractivity contribution in [3.8, 4) is 11.1 Å². The summed E-state index contributed by atoms with van der Waals surface area (Å²) >= 11 is 0. The summed E-state index contributed by atoms with van der Waals surface area (Å²) in [5.41, 5.74) is 4.40.